The van der Waals surface area contributed by atoms with Crippen LogP contribution in [0, 0.1) is 13.8 Å². The van der Waals surface area contributed by atoms with Gasteiger partial charge in [-0.05, 0) is 49.6 Å². The number of carbonyl (C=O) groups is 3. The Bertz CT molecular complexity index is 1100. The van der Waals surface area contributed by atoms with Crippen LogP contribution in [0.4, 0.5) is 5.00 Å². The second-order valence-corrected chi connectivity index (χ2v) is 7.74. The number of thiophene rings is 1. The number of hydrogen-bond donors (Lipinski definition) is 1. The van der Waals surface area contributed by atoms with Gasteiger partial charge in [0.15, 0.2) is 6.61 Å². The molecule has 3 aromatic rings. The van der Waals surface area contributed by atoms with Crippen molar-refractivity contribution in [1.82, 2.24) is 0 Å². The molecule has 1 aromatic heterocycles. The van der Waals surface area contributed by atoms with E-state index in [9.17, 15) is 14.4 Å². The summed E-state index contributed by atoms with van der Waals surface area (Å²) >= 11 is 1.21. The molecule has 160 valence electrons. The van der Waals surface area contributed by atoms with Crippen LogP contribution in [-0.2, 0) is 14.3 Å². The van der Waals surface area contributed by atoms with E-state index in [4.69, 9.17) is 9.47 Å². The van der Waals surface area contributed by atoms with E-state index in [-0.39, 0.29) is 12.2 Å². The highest BCUT2D eigenvalue weighted by atomic mass is 32.1. The van der Waals surface area contributed by atoms with Crippen molar-refractivity contribution in [2.24, 2.45) is 0 Å². The summed E-state index contributed by atoms with van der Waals surface area (Å²) in [5.74, 6) is -1.64. The minimum Gasteiger partial charge on any atom is -0.462 e. The Labute approximate surface area is 184 Å². The quantitative estimate of drug-likeness (QED) is 0.526. The zero-order valence-electron chi connectivity index (χ0n) is 17.6. The van der Waals surface area contributed by atoms with Crippen LogP contribution < -0.4 is 5.32 Å². The first-order valence-electron chi connectivity index (χ1n) is 9.79. The van der Waals surface area contributed by atoms with Crippen molar-refractivity contribution in [2.75, 3.05) is 18.5 Å². The molecule has 0 radical (unpaired) electrons. The average molecular weight is 438 g/mol. The van der Waals surface area contributed by atoms with Gasteiger partial charge in [-0.25, -0.2) is 9.59 Å². The monoisotopic (exact) mass is 437 g/mol. The molecule has 2 aromatic carbocycles. The predicted octanol–water partition coefficient (Wildman–Crippen LogP) is 5.00. The lowest BCUT2D eigenvalue weighted by Crippen LogP contribution is -2.21. The fourth-order valence-corrected chi connectivity index (χ4v) is 3.91. The number of benzene rings is 2. The fourth-order valence-electron chi connectivity index (χ4n) is 2.93. The van der Waals surface area contributed by atoms with Crippen molar-refractivity contribution in [2.45, 2.75) is 20.8 Å². The predicted molar refractivity (Wildman–Crippen MR) is 121 cm³/mol. The number of hydrogen-bond acceptors (Lipinski definition) is 6. The van der Waals surface area contributed by atoms with Crippen molar-refractivity contribution in [3.8, 4) is 11.1 Å². The third-order valence-corrected chi connectivity index (χ3v) is 5.58. The highest BCUT2D eigenvalue weighted by Gasteiger charge is 2.23. The zero-order valence-corrected chi connectivity index (χ0v) is 18.4. The molecule has 31 heavy (non-hydrogen) atoms. The maximum Gasteiger partial charge on any atom is 0.341 e. The van der Waals surface area contributed by atoms with Gasteiger partial charge in [-0.1, -0.05) is 36.4 Å². The molecule has 0 fully saturated rings. The van der Waals surface area contributed by atoms with Crippen molar-refractivity contribution in [3.05, 3.63) is 76.2 Å². The lowest BCUT2D eigenvalue weighted by atomic mass is 10.0. The minimum absolute atomic E-state index is 0.212. The van der Waals surface area contributed by atoms with Crippen molar-refractivity contribution >= 4 is 34.2 Å². The highest BCUT2D eigenvalue weighted by Crippen LogP contribution is 2.36. The molecule has 6 nitrogen and oxygen atoms in total. The molecule has 0 spiro atoms. The van der Waals surface area contributed by atoms with E-state index >= 15 is 0 Å². The van der Waals surface area contributed by atoms with Gasteiger partial charge in [0, 0.05) is 10.9 Å². The Morgan fingerprint density at radius 2 is 1.68 bits per heavy atom. The smallest absolute Gasteiger partial charge is 0.341 e. The number of carbonyl (C=O) groups excluding carboxylic acids is 3. The molecule has 0 saturated carbocycles. The number of anilines is 1. The van der Waals surface area contributed by atoms with Crippen LogP contribution in [0.2, 0.25) is 0 Å². The first-order chi connectivity index (χ1) is 14.9. The van der Waals surface area contributed by atoms with Crippen molar-refractivity contribution < 1.29 is 23.9 Å². The molecule has 1 heterocycles. The summed E-state index contributed by atoms with van der Waals surface area (Å²) in [5.41, 5.74) is 4.20. The summed E-state index contributed by atoms with van der Waals surface area (Å²) in [6, 6.07) is 14.6. The Kier molecular flexibility index (Phi) is 7.20. The summed E-state index contributed by atoms with van der Waals surface area (Å²) in [4.78, 5) is 37.2. The van der Waals surface area contributed by atoms with Gasteiger partial charge in [-0.3, -0.25) is 4.79 Å². The zero-order chi connectivity index (χ0) is 22.4. The van der Waals surface area contributed by atoms with Crippen LogP contribution in [0.25, 0.3) is 11.1 Å². The van der Waals surface area contributed by atoms with Gasteiger partial charge < -0.3 is 14.8 Å². The number of rotatable bonds is 7. The van der Waals surface area contributed by atoms with Gasteiger partial charge in [-0.2, -0.15) is 0 Å². The van der Waals surface area contributed by atoms with Crippen LogP contribution in [-0.4, -0.2) is 31.1 Å². The first-order valence-corrected chi connectivity index (χ1v) is 10.7. The molecule has 0 saturated heterocycles. The van der Waals surface area contributed by atoms with E-state index in [1.807, 2.05) is 50.2 Å². The molecular formula is C24H23NO5S. The highest BCUT2D eigenvalue weighted by molar-refractivity contribution is 7.15. The SMILES string of the molecule is CCOC(=O)c1c(-c2ccccc2)csc1NC(=O)COC(=O)c1ccc(C)c(C)c1. The van der Waals surface area contributed by atoms with Gasteiger partial charge in [-0.15, -0.1) is 11.3 Å². The van der Waals surface area contributed by atoms with E-state index < -0.39 is 24.5 Å². The third kappa shape index (κ3) is 5.38. The summed E-state index contributed by atoms with van der Waals surface area (Å²) < 4.78 is 10.3. The molecule has 3 rings (SSSR count). The van der Waals surface area contributed by atoms with E-state index in [1.165, 1.54) is 11.3 Å². The van der Waals surface area contributed by atoms with Crippen LogP contribution in [0.1, 0.15) is 38.8 Å². The summed E-state index contributed by atoms with van der Waals surface area (Å²) in [6.07, 6.45) is 0. The number of esters is 2. The Morgan fingerprint density at radius 1 is 0.935 bits per heavy atom. The molecular weight excluding hydrogens is 414 g/mol. The minimum atomic E-state index is -0.583. The second kappa shape index (κ2) is 10.0. The number of nitrogens with one attached hydrogen (secondary N) is 1. The van der Waals surface area contributed by atoms with Gasteiger partial charge in [0.25, 0.3) is 5.91 Å². The lowest BCUT2D eigenvalue weighted by molar-refractivity contribution is -0.119. The van der Waals surface area contributed by atoms with Crippen molar-refractivity contribution in [3.63, 3.8) is 0 Å². The number of amides is 1. The molecule has 0 bridgehead atoms. The Morgan fingerprint density at radius 3 is 2.35 bits per heavy atom. The van der Waals surface area contributed by atoms with Crippen molar-refractivity contribution in [1.29, 1.82) is 0 Å². The summed E-state index contributed by atoms with van der Waals surface area (Å²) in [6.45, 7) is 5.31. The van der Waals surface area contributed by atoms with E-state index in [0.29, 0.717) is 16.1 Å². The normalized spacial score (nSPS) is 10.4. The molecule has 1 amide bonds. The number of ether oxygens (including phenoxy) is 2. The van der Waals surface area contributed by atoms with Crippen LogP contribution in [0.3, 0.4) is 0 Å². The Balaban J connectivity index is 1.73. The molecule has 0 aliphatic carbocycles. The molecule has 7 heteroatoms. The second-order valence-electron chi connectivity index (χ2n) is 6.86. The summed E-state index contributed by atoms with van der Waals surface area (Å²) in [7, 11) is 0. The van der Waals surface area contributed by atoms with Crippen LogP contribution in [0.15, 0.2) is 53.9 Å². The average Bonchev–Trinajstić information content (AvgIpc) is 3.18. The van der Waals surface area contributed by atoms with Crippen LogP contribution >= 0.6 is 11.3 Å². The standard InChI is InChI=1S/C24H23NO5S/c1-4-29-24(28)21-19(17-8-6-5-7-9-17)14-31-22(21)25-20(26)13-30-23(27)18-11-10-15(2)16(3)12-18/h5-12,14H,4,13H2,1-3H3,(H,25,26). The molecule has 0 aliphatic heterocycles. The van der Waals surface area contributed by atoms with Gasteiger partial charge in [0.2, 0.25) is 0 Å². The van der Waals surface area contributed by atoms with Gasteiger partial charge in [0.05, 0.1) is 12.2 Å². The largest absolute Gasteiger partial charge is 0.462 e. The van der Waals surface area contributed by atoms with Gasteiger partial charge >= 0.3 is 11.9 Å². The number of aryl methyl sites for hydroxylation is 2. The molecule has 1 N–H and O–H groups in total. The topological polar surface area (TPSA) is 81.7 Å². The van der Waals surface area contributed by atoms with E-state index in [1.54, 1.807) is 24.4 Å². The Hall–Kier alpha value is -3.45. The maximum atomic E-state index is 12.6. The molecule has 0 atom stereocenters. The van der Waals surface area contributed by atoms with Crippen LogP contribution in [0.5, 0.6) is 0 Å². The molecule has 0 aliphatic rings. The summed E-state index contributed by atoms with van der Waals surface area (Å²) in [5, 5.41) is 4.81. The third-order valence-electron chi connectivity index (χ3n) is 4.69. The molecule has 0 unspecified atom stereocenters. The van der Waals surface area contributed by atoms with E-state index in [2.05, 4.69) is 5.32 Å². The lowest BCUT2D eigenvalue weighted by Gasteiger charge is -2.09. The van der Waals surface area contributed by atoms with Gasteiger partial charge in [0.1, 0.15) is 10.6 Å². The first kappa shape index (κ1) is 22.2. The fraction of sp³-hybridized carbons (Fsp3) is 0.208. The maximum absolute atomic E-state index is 12.6. The van der Waals surface area contributed by atoms with E-state index in [0.717, 1.165) is 16.7 Å².